The summed E-state index contributed by atoms with van der Waals surface area (Å²) in [5.41, 5.74) is 5.85. The van der Waals surface area contributed by atoms with Crippen LogP contribution in [0.3, 0.4) is 0 Å². The van der Waals surface area contributed by atoms with Gasteiger partial charge in [0.05, 0.1) is 0 Å². The molecule has 0 atom stereocenters. The minimum absolute atomic E-state index is 0. The third-order valence-electron chi connectivity index (χ3n) is 6.37. The number of benzene rings is 2. The minimum Gasteiger partial charge on any atom is -0.164 e. The molecule has 1 aliphatic carbocycles. The van der Waals surface area contributed by atoms with E-state index < -0.39 is 0 Å². The minimum atomic E-state index is 0. The van der Waals surface area contributed by atoms with Gasteiger partial charge in [0, 0.05) is 26.2 Å². The first-order valence-corrected chi connectivity index (χ1v) is 10.8. The van der Waals surface area contributed by atoms with Gasteiger partial charge in [0.25, 0.3) is 0 Å². The Kier molecular flexibility index (Phi) is 11.0. The molecule has 0 amide bonds. The molecule has 1 saturated carbocycles. The van der Waals surface area contributed by atoms with E-state index >= 15 is 0 Å². The molecule has 0 heterocycles. The van der Waals surface area contributed by atoms with Gasteiger partial charge in [-0.3, -0.25) is 0 Å². The summed E-state index contributed by atoms with van der Waals surface area (Å²) in [6, 6.07) is 20.9. The fraction of sp³-hybridized carbons (Fsp3) is 0.444. The number of halogens is 2. The average Bonchev–Trinajstić information content (AvgIpc) is 2.88. The van der Waals surface area contributed by atoms with Crippen LogP contribution >= 0.6 is 24.8 Å². The Labute approximate surface area is 214 Å². The molecule has 3 heteroatoms. The quantitative estimate of drug-likeness (QED) is 0.238. The van der Waals surface area contributed by atoms with Crippen LogP contribution in [-0.4, -0.2) is 0 Å². The molecule has 1 fully saturated rings. The van der Waals surface area contributed by atoms with Crippen LogP contribution in [0.25, 0.3) is 21.9 Å². The Balaban J connectivity index is 0.00000150. The van der Waals surface area contributed by atoms with Crippen molar-refractivity contribution in [3.63, 3.8) is 0 Å². The topological polar surface area (TPSA) is 0 Å². The Bertz CT molecular complexity index is 895. The van der Waals surface area contributed by atoms with Gasteiger partial charge in [-0.2, -0.15) is 6.07 Å². The first-order valence-electron chi connectivity index (χ1n) is 10.8. The predicted molar refractivity (Wildman–Crippen MR) is 133 cm³/mol. The smallest absolute Gasteiger partial charge is 0 e. The van der Waals surface area contributed by atoms with E-state index in [4.69, 9.17) is 0 Å². The molecule has 0 unspecified atom stereocenters. The number of rotatable bonds is 3. The van der Waals surface area contributed by atoms with Gasteiger partial charge in [-0.25, -0.2) is 0 Å². The van der Waals surface area contributed by atoms with E-state index in [9.17, 15) is 0 Å². The number of fused-ring (bicyclic) bond motifs is 1. The Morgan fingerprint density at radius 2 is 1.50 bits per heavy atom. The van der Waals surface area contributed by atoms with Gasteiger partial charge in [0.2, 0.25) is 0 Å². The fourth-order valence-corrected chi connectivity index (χ4v) is 4.72. The second kappa shape index (κ2) is 11.9. The molecule has 0 aliphatic heterocycles. The van der Waals surface area contributed by atoms with Crippen LogP contribution in [0, 0.1) is 5.92 Å². The zero-order chi connectivity index (χ0) is 18.9. The van der Waals surface area contributed by atoms with Gasteiger partial charge in [-0.15, -0.1) is 59.3 Å². The molecule has 0 bridgehead atoms. The van der Waals surface area contributed by atoms with Crippen LogP contribution in [0.2, 0.25) is 0 Å². The zero-order valence-corrected chi connectivity index (χ0v) is 22.6. The predicted octanol–water partition coefficient (Wildman–Crippen LogP) is 8.88. The van der Waals surface area contributed by atoms with E-state index in [-0.39, 0.29) is 56.4 Å². The van der Waals surface area contributed by atoms with Crippen molar-refractivity contribution in [3.05, 3.63) is 65.7 Å². The maximum absolute atomic E-state index is 2.47. The summed E-state index contributed by atoms with van der Waals surface area (Å²) in [7, 11) is 0. The van der Waals surface area contributed by atoms with Crippen LogP contribution in [0.4, 0.5) is 0 Å². The van der Waals surface area contributed by atoms with E-state index in [0.29, 0.717) is 0 Å². The van der Waals surface area contributed by atoms with Crippen molar-refractivity contribution in [2.45, 2.75) is 71.1 Å². The first-order chi connectivity index (χ1) is 13.0. The SMILES string of the molecule is CC(C)(C)c1ccc(-c2cccc3[cH-]c(CC4CCCCCC4)cc23)cc1.Cl.Cl.[Zr]. The summed E-state index contributed by atoms with van der Waals surface area (Å²) >= 11 is 0. The molecule has 0 saturated heterocycles. The molecule has 0 spiro atoms. The van der Waals surface area contributed by atoms with E-state index in [1.165, 1.54) is 78.0 Å². The van der Waals surface area contributed by atoms with Crippen LogP contribution in [0.5, 0.6) is 0 Å². The molecule has 0 aromatic heterocycles. The van der Waals surface area contributed by atoms with E-state index in [2.05, 4.69) is 75.4 Å². The van der Waals surface area contributed by atoms with Gasteiger partial charge in [-0.1, -0.05) is 95.2 Å². The third-order valence-corrected chi connectivity index (χ3v) is 6.37. The van der Waals surface area contributed by atoms with Crippen molar-refractivity contribution in [1.82, 2.24) is 0 Å². The molecule has 3 aromatic rings. The Morgan fingerprint density at radius 1 is 0.867 bits per heavy atom. The van der Waals surface area contributed by atoms with Gasteiger partial charge >= 0.3 is 0 Å². The summed E-state index contributed by atoms with van der Waals surface area (Å²) in [5.74, 6) is 0.888. The monoisotopic (exact) mass is 519 g/mol. The second-order valence-corrected chi connectivity index (χ2v) is 9.56. The molecule has 0 nitrogen and oxygen atoms in total. The van der Waals surface area contributed by atoms with Gasteiger partial charge in [0.1, 0.15) is 0 Å². The average molecular weight is 522 g/mol. The number of hydrogen-bond acceptors (Lipinski definition) is 0. The van der Waals surface area contributed by atoms with Crippen molar-refractivity contribution < 1.29 is 26.2 Å². The molecule has 0 radical (unpaired) electrons. The van der Waals surface area contributed by atoms with Crippen molar-refractivity contribution >= 4 is 35.6 Å². The second-order valence-electron chi connectivity index (χ2n) is 9.56. The molecular weight excluding hydrogens is 486 g/mol. The van der Waals surface area contributed by atoms with Gasteiger partial charge in [-0.05, 0) is 28.9 Å². The maximum Gasteiger partial charge on any atom is 0 e. The van der Waals surface area contributed by atoms with Crippen molar-refractivity contribution in [2.24, 2.45) is 5.92 Å². The molecule has 4 rings (SSSR count). The molecule has 0 N–H and O–H groups in total. The summed E-state index contributed by atoms with van der Waals surface area (Å²) < 4.78 is 0. The molecule has 162 valence electrons. The van der Waals surface area contributed by atoms with Crippen molar-refractivity contribution in [2.75, 3.05) is 0 Å². The first kappa shape index (κ1) is 27.5. The van der Waals surface area contributed by atoms with Crippen LogP contribution in [0.1, 0.15) is 70.4 Å². The number of hydrogen-bond donors (Lipinski definition) is 0. The third kappa shape index (κ3) is 6.51. The van der Waals surface area contributed by atoms with E-state index in [1.54, 1.807) is 0 Å². The fourth-order valence-electron chi connectivity index (χ4n) is 4.72. The van der Waals surface area contributed by atoms with E-state index in [1.807, 2.05) is 0 Å². The van der Waals surface area contributed by atoms with Crippen molar-refractivity contribution in [1.29, 1.82) is 0 Å². The van der Waals surface area contributed by atoms with E-state index in [0.717, 1.165) is 5.92 Å². The molecular formula is C27H35Cl2Zr-. The normalized spacial score (nSPS) is 14.9. The Hall–Kier alpha value is -0.487. The molecule has 3 aromatic carbocycles. The van der Waals surface area contributed by atoms with Crippen LogP contribution in [-0.2, 0) is 38.0 Å². The maximum atomic E-state index is 2.47. The largest absolute Gasteiger partial charge is 0.164 e. The standard InChI is InChI=1S/C27H33.2ClH.Zr/c1-27(2,3)24-15-13-22(14-16-24)25-12-8-11-23-18-21(19-26(23)25)17-20-9-6-4-5-7-10-20;;;/h8,11-16,18-20H,4-7,9-10,17H2,1-3H3;2*1H;/q-1;;;. The van der Waals surface area contributed by atoms with Gasteiger partial charge in [0.15, 0.2) is 0 Å². The van der Waals surface area contributed by atoms with Crippen LogP contribution in [0.15, 0.2) is 54.6 Å². The Morgan fingerprint density at radius 3 is 2.10 bits per heavy atom. The molecule has 1 aliphatic rings. The summed E-state index contributed by atoms with van der Waals surface area (Å²) in [4.78, 5) is 0. The van der Waals surface area contributed by atoms with Gasteiger partial charge < -0.3 is 0 Å². The van der Waals surface area contributed by atoms with Crippen LogP contribution < -0.4 is 0 Å². The molecule has 30 heavy (non-hydrogen) atoms. The summed E-state index contributed by atoms with van der Waals surface area (Å²) in [6.07, 6.45) is 9.83. The zero-order valence-electron chi connectivity index (χ0n) is 18.5. The summed E-state index contributed by atoms with van der Waals surface area (Å²) in [5, 5.41) is 2.82. The van der Waals surface area contributed by atoms with Crippen molar-refractivity contribution in [3.8, 4) is 11.1 Å². The summed E-state index contributed by atoms with van der Waals surface area (Å²) in [6.45, 7) is 6.83.